The third-order valence-corrected chi connectivity index (χ3v) is 7.07. The highest BCUT2D eigenvalue weighted by atomic mass is 19.4. The lowest BCUT2D eigenvalue weighted by Gasteiger charge is -2.35. The van der Waals surface area contributed by atoms with Crippen LogP contribution in [0.1, 0.15) is 64.5 Å². The fraction of sp³-hybridized carbons (Fsp3) is 0.458. The summed E-state index contributed by atoms with van der Waals surface area (Å²) in [4.78, 5) is 49.9. The van der Waals surface area contributed by atoms with Gasteiger partial charge >= 0.3 is 12.3 Å². The number of hydrogen-bond donors (Lipinski definition) is 2. The molecular weight excluding hydrogens is 514 g/mol. The van der Waals surface area contributed by atoms with Gasteiger partial charge in [-0.1, -0.05) is 12.1 Å². The second kappa shape index (κ2) is 9.40. The highest BCUT2D eigenvalue weighted by Crippen LogP contribution is 2.40. The number of rotatable bonds is 5. The van der Waals surface area contributed by atoms with Crippen LogP contribution < -0.4 is 10.6 Å². The molecule has 1 saturated carbocycles. The number of benzene rings is 1. The van der Waals surface area contributed by atoms with Crippen LogP contribution in [-0.2, 0) is 33.6 Å². The molecule has 1 unspecified atom stereocenters. The van der Waals surface area contributed by atoms with Crippen LogP contribution in [0.15, 0.2) is 18.3 Å². The quantitative estimate of drug-likeness (QED) is 0.447. The highest BCUT2D eigenvalue weighted by molar-refractivity contribution is 6.05. The van der Waals surface area contributed by atoms with Gasteiger partial charge in [0, 0.05) is 37.9 Å². The van der Waals surface area contributed by atoms with E-state index < -0.39 is 59.7 Å². The van der Waals surface area contributed by atoms with Crippen LogP contribution in [-0.4, -0.2) is 50.6 Å². The zero-order chi connectivity index (χ0) is 27.4. The Morgan fingerprint density at radius 2 is 1.97 bits per heavy atom. The summed E-state index contributed by atoms with van der Waals surface area (Å²) in [6.07, 6.45) is -4.40. The van der Waals surface area contributed by atoms with Gasteiger partial charge in [0.2, 0.25) is 11.8 Å². The number of carbonyl (C=O) groups excluding carboxylic acids is 4. The fourth-order valence-electron chi connectivity index (χ4n) is 5.06. The van der Waals surface area contributed by atoms with Gasteiger partial charge in [-0.25, -0.2) is 9.18 Å². The molecule has 5 rings (SSSR count). The van der Waals surface area contributed by atoms with Crippen LogP contribution >= 0.6 is 0 Å². The summed E-state index contributed by atoms with van der Waals surface area (Å²) in [5, 5.41) is 8.39. The molecule has 0 bridgehead atoms. The Morgan fingerprint density at radius 1 is 1.24 bits per heavy atom. The number of aromatic nitrogens is 2. The number of piperidine rings is 1. The maximum absolute atomic E-state index is 15.2. The minimum Gasteiger partial charge on any atom is -0.446 e. The largest absolute Gasteiger partial charge is 0.446 e. The molecule has 4 amide bonds. The summed E-state index contributed by atoms with van der Waals surface area (Å²) in [6.45, 7) is 1.04. The third-order valence-electron chi connectivity index (χ3n) is 7.07. The Labute approximate surface area is 213 Å². The van der Waals surface area contributed by atoms with Crippen molar-refractivity contribution < 1.29 is 41.5 Å². The highest BCUT2D eigenvalue weighted by Gasteiger charge is 2.43. The van der Waals surface area contributed by atoms with Crippen LogP contribution in [0.5, 0.6) is 0 Å². The van der Waals surface area contributed by atoms with Crippen molar-refractivity contribution >= 4 is 23.8 Å². The summed E-state index contributed by atoms with van der Waals surface area (Å²) in [6, 6.07) is 1.50. The van der Waals surface area contributed by atoms with Crippen molar-refractivity contribution in [1.82, 2.24) is 25.3 Å². The van der Waals surface area contributed by atoms with E-state index in [9.17, 15) is 32.3 Å². The average Bonchev–Trinajstić information content (AvgIpc) is 3.35. The van der Waals surface area contributed by atoms with E-state index in [4.69, 9.17) is 4.74 Å². The summed E-state index contributed by atoms with van der Waals surface area (Å²) < 4.78 is 61.2. The van der Waals surface area contributed by atoms with Crippen molar-refractivity contribution in [1.29, 1.82) is 0 Å². The molecule has 1 atom stereocenters. The van der Waals surface area contributed by atoms with Gasteiger partial charge in [-0.05, 0) is 24.5 Å². The Hall–Kier alpha value is -3.97. The maximum atomic E-state index is 15.2. The van der Waals surface area contributed by atoms with Gasteiger partial charge in [0.15, 0.2) is 0 Å². The molecular formula is C24H23F4N5O5. The van der Waals surface area contributed by atoms with Gasteiger partial charge in [-0.15, -0.1) is 0 Å². The standard InChI is InChI=1S/C24H23F4N5O5/c1-11-8-30-33(20(11)24(26,27)28)14-6-15(7-14)38-23(37)29-9-12-2-3-13-10-32(22(36)18(13)19(12)25)16-4-5-17(34)31-21(16)35/h2-3,8,14-16H,4-7,9-10H2,1H3,(H,29,37)(H,31,34,35). The Bertz CT molecular complexity index is 1330. The number of imide groups is 1. The monoisotopic (exact) mass is 537 g/mol. The number of hydrogen-bond acceptors (Lipinski definition) is 6. The topological polar surface area (TPSA) is 123 Å². The van der Waals surface area contributed by atoms with E-state index in [0.29, 0.717) is 5.56 Å². The average molecular weight is 537 g/mol. The predicted octanol–water partition coefficient (Wildman–Crippen LogP) is 2.74. The smallest absolute Gasteiger partial charge is 0.433 e. The molecule has 2 aliphatic heterocycles. The van der Waals surface area contributed by atoms with Crippen LogP contribution in [0.25, 0.3) is 0 Å². The van der Waals surface area contributed by atoms with E-state index in [1.54, 1.807) is 0 Å². The SMILES string of the molecule is Cc1cnn(C2CC(OC(=O)NCc3ccc4c(c3F)C(=O)N(C3CCC(=O)NC3=O)C4)C2)c1C(F)(F)F. The fourth-order valence-corrected chi connectivity index (χ4v) is 5.06. The molecule has 3 heterocycles. The summed E-state index contributed by atoms with van der Waals surface area (Å²) >= 11 is 0. The van der Waals surface area contributed by atoms with Gasteiger partial charge in [-0.3, -0.25) is 24.4 Å². The zero-order valence-corrected chi connectivity index (χ0v) is 20.1. The lowest BCUT2D eigenvalue weighted by Crippen LogP contribution is -2.52. The normalized spacial score (nSPS) is 23.1. The molecule has 38 heavy (non-hydrogen) atoms. The van der Waals surface area contributed by atoms with E-state index in [1.165, 1.54) is 24.0 Å². The molecule has 1 aromatic heterocycles. The van der Waals surface area contributed by atoms with Crippen LogP contribution in [0.4, 0.5) is 22.4 Å². The van der Waals surface area contributed by atoms with Crippen molar-refractivity contribution in [3.63, 3.8) is 0 Å². The molecule has 1 aliphatic carbocycles. The van der Waals surface area contributed by atoms with Gasteiger partial charge < -0.3 is 15.0 Å². The number of carbonyl (C=O) groups is 4. The Balaban J connectivity index is 1.16. The van der Waals surface area contributed by atoms with E-state index in [0.717, 1.165) is 10.9 Å². The number of nitrogens with zero attached hydrogens (tertiary/aromatic N) is 3. The van der Waals surface area contributed by atoms with Gasteiger partial charge in [0.1, 0.15) is 23.7 Å². The number of amides is 4. The number of alkyl carbamates (subject to hydrolysis) is 1. The van der Waals surface area contributed by atoms with Crippen LogP contribution in [0.2, 0.25) is 0 Å². The second-order valence-electron chi connectivity index (χ2n) is 9.60. The minimum absolute atomic E-state index is 0.00898. The first-order chi connectivity index (χ1) is 17.9. The molecule has 10 nitrogen and oxygen atoms in total. The molecule has 1 saturated heterocycles. The van der Waals surface area contributed by atoms with Crippen molar-refractivity contribution in [2.45, 2.75) is 70.1 Å². The molecule has 2 fully saturated rings. The van der Waals surface area contributed by atoms with E-state index >= 15 is 4.39 Å². The first-order valence-corrected chi connectivity index (χ1v) is 11.9. The number of halogens is 4. The maximum Gasteiger partial charge on any atom is 0.433 e. The van der Waals surface area contributed by atoms with Crippen molar-refractivity contribution in [2.24, 2.45) is 0 Å². The first kappa shape index (κ1) is 25.7. The number of ether oxygens (including phenoxy) is 1. The van der Waals surface area contributed by atoms with Crippen molar-refractivity contribution in [3.05, 3.63) is 52.1 Å². The number of aryl methyl sites for hydroxylation is 1. The number of nitrogens with one attached hydrogen (secondary N) is 2. The first-order valence-electron chi connectivity index (χ1n) is 11.9. The van der Waals surface area contributed by atoms with E-state index in [-0.39, 0.29) is 55.5 Å². The van der Waals surface area contributed by atoms with Crippen molar-refractivity contribution in [2.75, 3.05) is 0 Å². The molecule has 2 aromatic rings. The predicted molar refractivity (Wildman–Crippen MR) is 120 cm³/mol. The van der Waals surface area contributed by atoms with E-state index in [1.807, 2.05) is 0 Å². The molecule has 202 valence electrons. The molecule has 0 spiro atoms. The lowest BCUT2D eigenvalue weighted by molar-refractivity contribution is -0.147. The summed E-state index contributed by atoms with van der Waals surface area (Å²) in [5.74, 6) is -2.55. The molecule has 3 aliphatic rings. The molecule has 1 aromatic carbocycles. The van der Waals surface area contributed by atoms with Crippen LogP contribution in [0.3, 0.4) is 0 Å². The van der Waals surface area contributed by atoms with E-state index in [2.05, 4.69) is 15.7 Å². The van der Waals surface area contributed by atoms with Gasteiger partial charge in [0.25, 0.3) is 5.91 Å². The molecule has 0 radical (unpaired) electrons. The Kier molecular flexibility index (Phi) is 6.35. The molecule has 14 heteroatoms. The van der Waals surface area contributed by atoms with Gasteiger partial charge in [0.05, 0.1) is 17.8 Å². The number of alkyl halides is 3. The molecule has 2 N–H and O–H groups in total. The van der Waals surface area contributed by atoms with Gasteiger partial charge in [-0.2, -0.15) is 18.3 Å². The number of fused-ring (bicyclic) bond motifs is 1. The second-order valence-corrected chi connectivity index (χ2v) is 9.60. The van der Waals surface area contributed by atoms with Crippen LogP contribution in [0, 0.1) is 12.7 Å². The Morgan fingerprint density at radius 3 is 2.66 bits per heavy atom. The lowest BCUT2D eigenvalue weighted by atomic mass is 9.89. The summed E-state index contributed by atoms with van der Waals surface area (Å²) in [7, 11) is 0. The zero-order valence-electron chi connectivity index (χ0n) is 20.1. The minimum atomic E-state index is -4.55. The third kappa shape index (κ3) is 4.58. The summed E-state index contributed by atoms with van der Waals surface area (Å²) in [5.41, 5.74) is -0.610. The van der Waals surface area contributed by atoms with Crippen molar-refractivity contribution in [3.8, 4) is 0 Å².